The Labute approximate surface area is 94.2 Å². The molecular formula is C14H23N. The minimum absolute atomic E-state index is 0.873. The topological polar surface area (TPSA) is 3.24 Å². The van der Waals surface area contributed by atoms with Crippen molar-refractivity contribution in [1.82, 2.24) is 4.90 Å². The molecule has 0 heterocycles. The zero-order valence-corrected chi connectivity index (χ0v) is 9.91. The lowest BCUT2D eigenvalue weighted by atomic mass is 9.89. The minimum Gasteiger partial charge on any atom is -0.375 e. The fourth-order valence-electron chi connectivity index (χ4n) is 2.18. The third-order valence-electron chi connectivity index (χ3n) is 3.17. The van der Waals surface area contributed by atoms with Crippen molar-refractivity contribution in [2.75, 3.05) is 13.6 Å². The van der Waals surface area contributed by atoms with Crippen molar-refractivity contribution in [1.29, 1.82) is 0 Å². The van der Waals surface area contributed by atoms with Gasteiger partial charge >= 0.3 is 0 Å². The van der Waals surface area contributed by atoms with Crippen LogP contribution in [0.2, 0.25) is 0 Å². The van der Waals surface area contributed by atoms with Crippen molar-refractivity contribution in [2.24, 2.45) is 5.92 Å². The first-order valence-electron chi connectivity index (χ1n) is 5.93. The highest BCUT2D eigenvalue weighted by atomic mass is 15.1. The second-order valence-corrected chi connectivity index (χ2v) is 4.47. The van der Waals surface area contributed by atoms with Gasteiger partial charge in [-0.05, 0) is 24.8 Å². The molecule has 0 spiro atoms. The van der Waals surface area contributed by atoms with Crippen LogP contribution in [-0.2, 0) is 0 Å². The van der Waals surface area contributed by atoms with Gasteiger partial charge in [-0.3, -0.25) is 0 Å². The summed E-state index contributed by atoms with van der Waals surface area (Å²) < 4.78 is 0. The molecule has 0 bridgehead atoms. The van der Waals surface area contributed by atoms with E-state index in [-0.39, 0.29) is 0 Å². The van der Waals surface area contributed by atoms with Crippen LogP contribution in [0.4, 0.5) is 0 Å². The molecule has 0 saturated heterocycles. The summed E-state index contributed by atoms with van der Waals surface area (Å²) in [5.74, 6) is 0.873. The molecule has 1 aliphatic rings. The van der Waals surface area contributed by atoms with Gasteiger partial charge < -0.3 is 4.90 Å². The summed E-state index contributed by atoms with van der Waals surface area (Å²) in [6, 6.07) is 0. The number of hydrogen-bond donors (Lipinski definition) is 0. The van der Waals surface area contributed by atoms with E-state index in [1.165, 1.54) is 32.1 Å². The van der Waals surface area contributed by atoms with Crippen LogP contribution in [0.15, 0.2) is 37.1 Å². The van der Waals surface area contributed by atoms with Gasteiger partial charge in [0.05, 0.1) is 0 Å². The maximum atomic E-state index is 4.05. The van der Waals surface area contributed by atoms with Crippen molar-refractivity contribution in [3.05, 3.63) is 37.1 Å². The van der Waals surface area contributed by atoms with Gasteiger partial charge in [-0.15, -0.1) is 0 Å². The molecule has 0 aromatic rings. The van der Waals surface area contributed by atoms with Gasteiger partial charge in [-0.2, -0.15) is 0 Å². The number of hydrogen-bond acceptors (Lipinski definition) is 1. The van der Waals surface area contributed by atoms with Gasteiger partial charge in [-0.1, -0.05) is 44.6 Å². The Morgan fingerprint density at radius 2 is 2.00 bits per heavy atom. The second-order valence-electron chi connectivity index (χ2n) is 4.47. The monoisotopic (exact) mass is 205 g/mol. The molecule has 0 radical (unpaired) electrons. The number of nitrogens with zero attached hydrogens (tertiary/aromatic N) is 1. The highest BCUT2D eigenvalue weighted by Gasteiger charge is 2.15. The number of rotatable bonds is 5. The molecule has 0 aliphatic heterocycles. The summed E-state index contributed by atoms with van der Waals surface area (Å²) in [5, 5.41) is 0. The van der Waals surface area contributed by atoms with Crippen molar-refractivity contribution >= 4 is 0 Å². The molecule has 84 valence electrons. The van der Waals surface area contributed by atoms with Gasteiger partial charge in [0.25, 0.3) is 0 Å². The summed E-state index contributed by atoms with van der Waals surface area (Å²) in [6.45, 7) is 8.86. The van der Waals surface area contributed by atoms with Crippen molar-refractivity contribution in [2.45, 2.75) is 32.1 Å². The molecule has 0 unspecified atom stereocenters. The van der Waals surface area contributed by atoms with Crippen LogP contribution in [0, 0.1) is 5.92 Å². The first-order valence-corrected chi connectivity index (χ1v) is 5.93. The van der Waals surface area contributed by atoms with Crippen LogP contribution in [0.3, 0.4) is 0 Å². The Balaban J connectivity index is 2.32. The molecule has 1 nitrogen and oxygen atoms in total. The molecule has 0 amide bonds. The number of likely N-dealkylation sites (N-methyl/N-ethyl adjacent to an activating group) is 1. The molecule has 0 N–H and O–H groups in total. The van der Waals surface area contributed by atoms with E-state index in [4.69, 9.17) is 0 Å². The highest BCUT2D eigenvalue weighted by Crippen LogP contribution is 2.24. The molecule has 1 aliphatic carbocycles. The third-order valence-corrected chi connectivity index (χ3v) is 3.17. The average Bonchev–Trinajstić information content (AvgIpc) is 2.27. The van der Waals surface area contributed by atoms with Crippen LogP contribution in [-0.4, -0.2) is 18.5 Å². The van der Waals surface area contributed by atoms with Crippen LogP contribution in [0.5, 0.6) is 0 Å². The first-order chi connectivity index (χ1) is 7.24. The Hall–Kier alpha value is -0.980. The molecular weight excluding hydrogens is 182 g/mol. The van der Waals surface area contributed by atoms with E-state index in [0.29, 0.717) is 0 Å². The van der Waals surface area contributed by atoms with Gasteiger partial charge in [0.1, 0.15) is 0 Å². The SMILES string of the molecule is C=C/C=C\C(=C)N(C)CC1CCCCC1. The lowest BCUT2D eigenvalue weighted by Crippen LogP contribution is -2.25. The lowest BCUT2D eigenvalue weighted by Gasteiger charge is -2.28. The van der Waals surface area contributed by atoms with Crippen LogP contribution in [0.1, 0.15) is 32.1 Å². The summed E-state index contributed by atoms with van der Waals surface area (Å²) in [7, 11) is 2.13. The smallest absolute Gasteiger partial charge is 0.0290 e. The molecule has 1 saturated carbocycles. The maximum Gasteiger partial charge on any atom is 0.0290 e. The normalized spacial score (nSPS) is 17.9. The Kier molecular flexibility index (Phi) is 5.23. The van der Waals surface area contributed by atoms with Crippen LogP contribution >= 0.6 is 0 Å². The molecule has 0 aromatic carbocycles. The van der Waals surface area contributed by atoms with E-state index in [1.54, 1.807) is 6.08 Å². The third kappa shape index (κ3) is 4.37. The zero-order chi connectivity index (χ0) is 11.1. The second kappa shape index (κ2) is 6.49. The van der Waals surface area contributed by atoms with E-state index in [2.05, 4.69) is 25.1 Å². The molecule has 1 rings (SSSR count). The quantitative estimate of drug-likeness (QED) is 0.618. The zero-order valence-electron chi connectivity index (χ0n) is 9.91. The van der Waals surface area contributed by atoms with Gasteiger partial charge in [0.2, 0.25) is 0 Å². The van der Waals surface area contributed by atoms with E-state index in [1.807, 2.05) is 12.2 Å². The summed E-state index contributed by atoms with van der Waals surface area (Å²) >= 11 is 0. The standard InChI is InChI=1S/C14H23N/c1-4-5-9-13(2)15(3)12-14-10-7-6-8-11-14/h4-5,9,14H,1-2,6-8,10-12H2,3H3/b9-5-. The molecule has 1 fully saturated rings. The number of allylic oxidation sites excluding steroid dienone is 3. The average molecular weight is 205 g/mol. The lowest BCUT2D eigenvalue weighted by molar-refractivity contribution is 0.273. The van der Waals surface area contributed by atoms with Crippen molar-refractivity contribution in [3.8, 4) is 0 Å². The Morgan fingerprint density at radius 1 is 1.33 bits per heavy atom. The predicted octanol–water partition coefficient (Wildman–Crippen LogP) is 3.75. The maximum absolute atomic E-state index is 4.05. The largest absolute Gasteiger partial charge is 0.375 e. The molecule has 0 aromatic heterocycles. The summed E-state index contributed by atoms with van der Waals surface area (Å²) in [5.41, 5.74) is 1.08. The van der Waals surface area contributed by atoms with E-state index in [0.717, 1.165) is 18.2 Å². The van der Waals surface area contributed by atoms with Crippen LogP contribution in [0.25, 0.3) is 0 Å². The van der Waals surface area contributed by atoms with Gasteiger partial charge in [0, 0.05) is 19.3 Å². The fourth-order valence-corrected chi connectivity index (χ4v) is 2.18. The first kappa shape index (κ1) is 12.1. The van der Waals surface area contributed by atoms with E-state index in [9.17, 15) is 0 Å². The van der Waals surface area contributed by atoms with E-state index < -0.39 is 0 Å². The molecule has 15 heavy (non-hydrogen) atoms. The molecule has 0 atom stereocenters. The highest BCUT2D eigenvalue weighted by molar-refractivity contribution is 5.16. The van der Waals surface area contributed by atoms with Gasteiger partial charge in [0.15, 0.2) is 0 Å². The van der Waals surface area contributed by atoms with Crippen molar-refractivity contribution < 1.29 is 0 Å². The van der Waals surface area contributed by atoms with Gasteiger partial charge in [-0.25, -0.2) is 0 Å². The fraction of sp³-hybridized carbons (Fsp3) is 0.571. The minimum atomic E-state index is 0.873. The van der Waals surface area contributed by atoms with Crippen molar-refractivity contribution in [3.63, 3.8) is 0 Å². The van der Waals surface area contributed by atoms with E-state index >= 15 is 0 Å². The molecule has 1 heteroatoms. The Bertz CT molecular complexity index is 234. The summed E-state index contributed by atoms with van der Waals surface area (Å²) in [6.07, 6.45) is 12.8. The predicted molar refractivity (Wildman–Crippen MR) is 67.7 cm³/mol. The van der Waals surface area contributed by atoms with Crippen LogP contribution < -0.4 is 0 Å². The summed E-state index contributed by atoms with van der Waals surface area (Å²) in [4.78, 5) is 2.26. The Morgan fingerprint density at radius 3 is 2.60 bits per heavy atom.